The zero-order chi connectivity index (χ0) is 62.7. The van der Waals surface area contributed by atoms with Crippen molar-refractivity contribution < 1.29 is 18.3 Å². The summed E-state index contributed by atoms with van der Waals surface area (Å²) < 4.78 is 29.8. The molecule has 96 heavy (non-hydrogen) atoms. The van der Waals surface area contributed by atoms with Crippen molar-refractivity contribution in [3.05, 3.63) is 315 Å². The Morgan fingerprint density at radius 1 is 0.260 bits per heavy atom. The largest absolute Gasteiger partial charge is 0.458 e. The number of benzene rings is 15. The number of fused-ring (bicyclic) bond motifs is 18. The summed E-state index contributed by atoms with van der Waals surface area (Å²) in [6.45, 7) is -0.496. The van der Waals surface area contributed by atoms with Gasteiger partial charge in [0.2, 0.25) is 0 Å². The van der Waals surface area contributed by atoms with E-state index in [1.165, 1.54) is 10.9 Å². The topological polar surface area (TPSA) is 57.7 Å². The summed E-state index contributed by atoms with van der Waals surface area (Å²) in [5, 5.41) is 8.32. The first-order valence-corrected chi connectivity index (χ1v) is 32.8. The molecule has 0 saturated heterocycles. The molecule has 4 aliphatic heterocycles. The minimum Gasteiger partial charge on any atom is -0.458 e. The standard InChI is InChI=1S/C86H52B2N4O4/c1-7-23-57(24-8-1)89(58-25-9-2-10-26-58)63-41-39-53-47-75-65(45-55(53)43-63)67-49-79-81-83(85(67)95-75)91(61-31-15-5-16-32-61)73-37-21-19-35-69(73)87(81)71-51-72-78(52-77(71)93-79)94-80-50-68-66-46-56-44-64(90(59-27-11-3-12-28-59)60-29-13-4-14-30-60)42-40-54(56)48-76(66)96-86(68)84-82(80)88(72)70-36-20-22-38-74(70)92(84)62-33-17-6-18-34-62/h1-52H. The average Bonchev–Trinajstić information content (AvgIpc) is 1.27. The summed E-state index contributed by atoms with van der Waals surface area (Å²) in [6, 6.07) is 113. The number of para-hydroxylation sites is 8. The van der Waals surface area contributed by atoms with Crippen LogP contribution in [0, 0.1) is 0 Å². The Balaban J connectivity index is 0.768. The van der Waals surface area contributed by atoms with Gasteiger partial charge in [-0.15, -0.1) is 0 Å². The van der Waals surface area contributed by atoms with Crippen molar-refractivity contribution in [2.45, 2.75) is 0 Å². The molecule has 17 aromatic rings. The lowest BCUT2D eigenvalue weighted by Gasteiger charge is -2.42. The van der Waals surface area contributed by atoms with E-state index in [0.29, 0.717) is 0 Å². The molecule has 4 aliphatic rings. The molecular formula is C86H52B2N4O4. The van der Waals surface area contributed by atoms with E-state index in [9.17, 15) is 0 Å². The third-order valence-electron chi connectivity index (χ3n) is 20.2. The highest BCUT2D eigenvalue weighted by Gasteiger charge is 2.48. The summed E-state index contributed by atoms with van der Waals surface area (Å²) >= 11 is 0. The maximum atomic E-state index is 7.55. The minimum atomic E-state index is -0.248. The molecule has 2 aromatic heterocycles. The second-order valence-corrected chi connectivity index (χ2v) is 25.5. The van der Waals surface area contributed by atoms with Gasteiger partial charge in [-0.05, 0) is 189 Å². The lowest BCUT2D eigenvalue weighted by molar-refractivity contribution is 0.466. The van der Waals surface area contributed by atoms with Gasteiger partial charge in [0.25, 0.3) is 13.4 Å². The molecule has 0 unspecified atom stereocenters. The first-order valence-electron chi connectivity index (χ1n) is 32.8. The van der Waals surface area contributed by atoms with Crippen LogP contribution in [-0.2, 0) is 0 Å². The predicted molar refractivity (Wildman–Crippen MR) is 397 cm³/mol. The Bertz CT molecular complexity index is 5620. The van der Waals surface area contributed by atoms with Crippen LogP contribution in [0.3, 0.4) is 0 Å². The van der Waals surface area contributed by atoms with Crippen LogP contribution in [0.5, 0.6) is 23.0 Å². The fourth-order valence-corrected chi connectivity index (χ4v) is 16.1. The van der Waals surface area contributed by atoms with E-state index < -0.39 is 0 Å². The molecule has 0 fully saturated rings. The summed E-state index contributed by atoms with van der Waals surface area (Å²) in [5.41, 5.74) is 22.4. The van der Waals surface area contributed by atoms with Gasteiger partial charge >= 0.3 is 0 Å². The Morgan fingerprint density at radius 3 is 1.02 bits per heavy atom. The molecule has 0 amide bonds. The SMILES string of the molecule is c1ccc(N(c2ccccc2)c2ccc3cc4oc5c6c7c(cc5c4cc3c2)Oc2cc3c(cc2B7c2ccccc2N6c2ccccc2)B2c4ccccc4N(c4ccccc4)c4c2c(cc2c4oc4cc5ccc(N(c6ccccc6)c6ccccc6)cc5cc42)O3)cc1. The third kappa shape index (κ3) is 7.81. The highest BCUT2D eigenvalue weighted by atomic mass is 16.5. The lowest BCUT2D eigenvalue weighted by Crippen LogP contribution is -2.63. The molecule has 0 aliphatic carbocycles. The molecule has 0 bridgehead atoms. The van der Waals surface area contributed by atoms with Gasteiger partial charge in [-0.1, -0.05) is 164 Å². The quantitative estimate of drug-likeness (QED) is 0.140. The molecule has 0 saturated carbocycles. The molecule has 0 spiro atoms. The van der Waals surface area contributed by atoms with Gasteiger partial charge in [0.1, 0.15) is 34.2 Å². The summed E-state index contributed by atoms with van der Waals surface area (Å²) in [7, 11) is 0. The van der Waals surface area contributed by atoms with Crippen molar-refractivity contribution in [1.82, 2.24) is 0 Å². The molecule has 15 aromatic carbocycles. The number of ether oxygens (including phenoxy) is 2. The molecule has 0 radical (unpaired) electrons. The van der Waals surface area contributed by atoms with Gasteiger partial charge in [-0.25, -0.2) is 0 Å². The highest BCUT2D eigenvalue weighted by molar-refractivity contribution is 7.02. The predicted octanol–water partition coefficient (Wildman–Crippen LogP) is 19.5. The van der Waals surface area contributed by atoms with Gasteiger partial charge in [-0.2, -0.15) is 0 Å². The molecule has 0 N–H and O–H groups in total. The third-order valence-corrected chi connectivity index (χ3v) is 20.2. The molecule has 446 valence electrons. The summed E-state index contributed by atoms with van der Waals surface area (Å²) in [6.07, 6.45) is 0. The van der Waals surface area contributed by atoms with Crippen LogP contribution in [0.2, 0.25) is 0 Å². The monoisotopic (exact) mass is 1230 g/mol. The van der Waals surface area contributed by atoms with Crippen molar-refractivity contribution in [2.24, 2.45) is 0 Å². The second kappa shape index (κ2) is 20.4. The highest BCUT2D eigenvalue weighted by Crippen LogP contribution is 2.52. The fraction of sp³-hybridized carbons (Fsp3) is 0. The Morgan fingerprint density at radius 2 is 0.625 bits per heavy atom. The number of rotatable bonds is 8. The first-order chi connectivity index (χ1) is 47.6. The van der Waals surface area contributed by atoms with Gasteiger partial charge < -0.3 is 37.9 Å². The van der Waals surface area contributed by atoms with E-state index >= 15 is 0 Å². The van der Waals surface area contributed by atoms with Crippen LogP contribution in [0.1, 0.15) is 0 Å². The van der Waals surface area contributed by atoms with Crippen LogP contribution in [0.4, 0.5) is 68.2 Å². The van der Waals surface area contributed by atoms with Crippen molar-refractivity contribution in [1.29, 1.82) is 0 Å². The van der Waals surface area contributed by atoms with Crippen molar-refractivity contribution in [2.75, 3.05) is 19.6 Å². The zero-order valence-electron chi connectivity index (χ0n) is 51.6. The van der Waals surface area contributed by atoms with E-state index in [2.05, 4.69) is 335 Å². The number of hydrogen-bond donors (Lipinski definition) is 0. The summed E-state index contributed by atoms with van der Waals surface area (Å²) in [4.78, 5) is 9.41. The number of hydrogen-bond acceptors (Lipinski definition) is 8. The van der Waals surface area contributed by atoms with Gasteiger partial charge in [0, 0.05) is 95.4 Å². The van der Waals surface area contributed by atoms with E-state index in [-0.39, 0.29) is 13.4 Å². The first kappa shape index (κ1) is 52.9. The van der Waals surface area contributed by atoms with E-state index in [0.717, 1.165) is 179 Å². The second-order valence-electron chi connectivity index (χ2n) is 25.5. The molecule has 6 heterocycles. The zero-order valence-corrected chi connectivity index (χ0v) is 51.6. The maximum absolute atomic E-state index is 7.55. The molecule has 8 nitrogen and oxygen atoms in total. The molecule has 0 atom stereocenters. The Labute approximate surface area is 553 Å². The average molecular weight is 1230 g/mol. The molecular weight excluding hydrogens is 1170 g/mol. The van der Waals surface area contributed by atoms with Crippen molar-refractivity contribution in [3.8, 4) is 23.0 Å². The lowest BCUT2D eigenvalue weighted by atomic mass is 9.31. The van der Waals surface area contributed by atoms with Gasteiger partial charge in [-0.3, -0.25) is 0 Å². The smallest absolute Gasteiger partial charge is 0.256 e. The summed E-state index contributed by atoms with van der Waals surface area (Å²) in [5.74, 6) is 3.05. The normalized spacial score (nSPS) is 13.1. The number of nitrogens with zero attached hydrogens (tertiary/aromatic N) is 4. The number of anilines is 12. The number of furan rings is 2. The van der Waals surface area contributed by atoms with E-state index in [4.69, 9.17) is 18.3 Å². The maximum Gasteiger partial charge on any atom is 0.256 e. The molecule has 21 rings (SSSR count). The minimum absolute atomic E-state index is 0.248. The molecule has 10 heteroatoms. The van der Waals surface area contributed by atoms with E-state index in [1.807, 2.05) is 0 Å². The van der Waals surface area contributed by atoms with Crippen molar-refractivity contribution in [3.63, 3.8) is 0 Å². The van der Waals surface area contributed by atoms with Gasteiger partial charge in [0.05, 0.1) is 11.4 Å². The Hall–Kier alpha value is -12.7. The van der Waals surface area contributed by atoms with Crippen LogP contribution in [-0.4, -0.2) is 13.4 Å². The van der Waals surface area contributed by atoms with Gasteiger partial charge in [0.15, 0.2) is 11.2 Å². The van der Waals surface area contributed by atoms with Crippen LogP contribution >= 0.6 is 0 Å². The van der Waals surface area contributed by atoms with Crippen LogP contribution in [0.15, 0.2) is 324 Å². The fourth-order valence-electron chi connectivity index (χ4n) is 16.1. The van der Waals surface area contributed by atoms with Crippen molar-refractivity contribution >= 4 is 180 Å². The van der Waals surface area contributed by atoms with Crippen LogP contribution < -0.4 is 61.9 Å². The van der Waals surface area contributed by atoms with E-state index in [1.54, 1.807) is 0 Å². The Kier molecular flexibility index (Phi) is 11.3. The van der Waals surface area contributed by atoms with Crippen LogP contribution in [0.25, 0.3) is 65.4 Å².